The van der Waals surface area contributed by atoms with E-state index in [0.717, 1.165) is 28.6 Å². The van der Waals surface area contributed by atoms with Gasteiger partial charge in [0.15, 0.2) is 0 Å². The minimum atomic E-state index is 0.0196. The Morgan fingerprint density at radius 3 is 2.80 bits per heavy atom. The third-order valence-electron chi connectivity index (χ3n) is 4.05. The summed E-state index contributed by atoms with van der Waals surface area (Å²) in [5.74, 6) is 0.853. The van der Waals surface area contributed by atoms with Crippen molar-refractivity contribution in [1.29, 1.82) is 0 Å². The minimum absolute atomic E-state index is 0.0196. The van der Waals surface area contributed by atoms with Crippen molar-refractivity contribution in [3.63, 3.8) is 0 Å². The first-order chi connectivity index (χ1) is 12.2. The van der Waals surface area contributed by atoms with E-state index in [0.29, 0.717) is 24.5 Å². The zero-order chi connectivity index (χ0) is 17.6. The number of benzene rings is 2. The molecule has 130 valence electrons. The summed E-state index contributed by atoms with van der Waals surface area (Å²) in [4.78, 5) is 12.0. The van der Waals surface area contributed by atoms with E-state index in [9.17, 15) is 4.79 Å². The first kappa shape index (κ1) is 17.3. The smallest absolute Gasteiger partial charge is 0.221 e. The van der Waals surface area contributed by atoms with Crippen LogP contribution in [0.4, 0.5) is 0 Å². The van der Waals surface area contributed by atoms with Crippen LogP contribution in [0.5, 0.6) is 5.75 Å². The molecule has 1 aromatic heterocycles. The molecule has 1 amide bonds. The lowest BCUT2D eigenvalue weighted by molar-refractivity contribution is -0.121. The van der Waals surface area contributed by atoms with Gasteiger partial charge in [-0.05, 0) is 42.3 Å². The van der Waals surface area contributed by atoms with E-state index < -0.39 is 0 Å². The number of halogens is 1. The normalized spacial score (nSPS) is 10.8. The van der Waals surface area contributed by atoms with Gasteiger partial charge in [-0.25, -0.2) is 0 Å². The maximum absolute atomic E-state index is 12.0. The van der Waals surface area contributed by atoms with Crippen LogP contribution in [0.1, 0.15) is 12.0 Å². The van der Waals surface area contributed by atoms with E-state index in [1.807, 2.05) is 47.1 Å². The van der Waals surface area contributed by atoms with Gasteiger partial charge in [-0.3, -0.25) is 9.48 Å². The summed E-state index contributed by atoms with van der Waals surface area (Å²) in [5.41, 5.74) is 2.14. The summed E-state index contributed by atoms with van der Waals surface area (Å²) in [7, 11) is 1.65. The Kier molecular flexibility index (Phi) is 5.56. The standard InChI is InChI=1S/C19H20ClN3O2/c1-25-17-5-2-14(3-6-17)8-10-21-19(24)9-11-23-18-7-4-16(20)12-15(18)13-22-23/h2-7,12-13H,8-11H2,1H3,(H,21,24). The zero-order valence-corrected chi connectivity index (χ0v) is 14.8. The van der Waals surface area contributed by atoms with E-state index >= 15 is 0 Å². The Bertz CT molecular complexity index is 859. The van der Waals surface area contributed by atoms with E-state index in [4.69, 9.17) is 16.3 Å². The number of rotatable bonds is 7. The Morgan fingerprint density at radius 1 is 1.24 bits per heavy atom. The molecule has 25 heavy (non-hydrogen) atoms. The number of aromatic nitrogens is 2. The number of carbonyl (C=O) groups excluding carboxylic acids is 1. The number of nitrogens with zero attached hydrogens (tertiary/aromatic N) is 2. The van der Waals surface area contributed by atoms with Gasteiger partial charge in [-0.1, -0.05) is 23.7 Å². The second-order valence-corrected chi connectivity index (χ2v) is 6.21. The minimum Gasteiger partial charge on any atom is -0.497 e. The molecule has 3 aromatic rings. The Morgan fingerprint density at radius 2 is 2.04 bits per heavy atom. The molecule has 0 atom stereocenters. The average molecular weight is 358 g/mol. The molecule has 0 spiro atoms. The summed E-state index contributed by atoms with van der Waals surface area (Å²) >= 11 is 5.97. The molecule has 0 unspecified atom stereocenters. The van der Waals surface area contributed by atoms with Crippen LogP contribution in [-0.4, -0.2) is 29.3 Å². The number of methoxy groups -OCH3 is 1. The fraction of sp³-hybridized carbons (Fsp3) is 0.263. The molecule has 0 fully saturated rings. The molecule has 6 heteroatoms. The van der Waals surface area contributed by atoms with Crippen molar-refractivity contribution in [2.24, 2.45) is 0 Å². The summed E-state index contributed by atoms with van der Waals surface area (Å²) < 4.78 is 6.96. The quantitative estimate of drug-likeness (QED) is 0.704. The highest BCUT2D eigenvalue weighted by Crippen LogP contribution is 2.19. The number of hydrogen-bond acceptors (Lipinski definition) is 3. The molecule has 2 aromatic carbocycles. The first-order valence-electron chi connectivity index (χ1n) is 8.16. The van der Waals surface area contributed by atoms with Gasteiger partial charge in [0, 0.05) is 23.4 Å². The number of fused-ring (bicyclic) bond motifs is 1. The second-order valence-electron chi connectivity index (χ2n) is 5.77. The van der Waals surface area contributed by atoms with Crippen molar-refractivity contribution in [3.8, 4) is 5.75 Å². The van der Waals surface area contributed by atoms with E-state index in [1.165, 1.54) is 0 Å². The number of amides is 1. The third kappa shape index (κ3) is 4.51. The van der Waals surface area contributed by atoms with Crippen molar-refractivity contribution < 1.29 is 9.53 Å². The first-order valence-corrected chi connectivity index (χ1v) is 8.54. The number of ether oxygens (including phenoxy) is 1. The van der Waals surface area contributed by atoms with Gasteiger partial charge in [0.2, 0.25) is 5.91 Å². The van der Waals surface area contributed by atoms with Crippen LogP contribution in [0.25, 0.3) is 10.9 Å². The lowest BCUT2D eigenvalue weighted by atomic mass is 10.1. The molecule has 5 nitrogen and oxygen atoms in total. The van der Waals surface area contributed by atoms with E-state index in [1.54, 1.807) is 13.3 Å². The predicted molar refractivity (Wildman–Crippen MR) is 99.1 cm³/mol. The number of hydrogen-bond donors (Lipinski definition) is 1. The van der Waals surface area contributed by atoms with E-state index in [2.05, 4.69) is 10.4 Å². The average Bonchev–Trinajstić information content (AvgIpc) is 3.02. The Balaban J connectivity index is 1.45. The summed E-state index contributed by atoms with van der Waals surface area (Å²) in [6, 6.07) is 13.5. The van der Waals surface area contributed by atoms with Crippen molar-refractivity contribution >= 4 is 28.4 Å². The predicted octanol–water partition coefficient (Wildman–Crippen LogP) is 3.45. The molecule has 1 heterocycles. The Labute approximate surface area is 151 Å². The van der Waals surface area contributed by atoms with Crippen LogP contribution in [0.3, 0.4) is 0 Å². The lowest BCUT2D eigenvalue weighted by Crippen LogP contribution is -2.26. The van der Waals surface area contributed by atoms with Crippen molar-refractivity contribution in [2.75, 3.05) is 13.7 Å². The SMILES string of the molecule is COc1ccc(CCNC(=O)CCn2ncc3cc(Cl)ccc32)cc1. The molecule has 3 rings (SSSR count). The molecule has 0 aliphatic heterocycles. The van der Waals surface area contributed by atoms with Crippen molar-refractivity contribution in [2.45, 2.75) is 19.4 Å². The van der Waals surface area contributed by atoms with Gasteiger partial charge >= 0.3 is 0 Å². The van der Waals surface area contributed by atoms with Crippen molar-refractivity contribution in [3.05, 3.63) is 59.2 Å². The van der Waals surface area contributed by atoms with Crippen LogP contribution in [-0.2, 0) is 17.8 Å². The Hall–Kier alpha value is -2.53. The lowest BCUT2D eigenvalue weighted by Gasteiger charge is -2.07. The van der Waals surface area contributed by atoms with Gasteiger partial charge in [-0.2, -0.15) is 5.10 Å². The van der Waals surface area contributed by atoms with Gasteiger partial charge in [-0.15, -0.1) is 0 Å². The summed E-state index contributed by atoms with van der Waals surface area (Å²) in [5, 5.41) is 8.93. The fourth-order valence-electron chi connectivity index (χ4n) is 2.67. The van der Waals surface area contributed by atoms with Crippen LogP contribution in [0.15, 0.2) is 48.7 Å². The van der Waals surface area contributed by atoms with Crippen molar-refractivity contribution in [1.82, 2.24) is 15.1 Å². The summed E-state index contributed by atoms with van der Waals surface area (Å²) in [6.07, 6.45) is 2.95. The number of nitrogens with one attached hydrogen (secondary N) is 1. The van der Waals surface area contributed by atoms with Gasteiger partial charge in [0.25, 0.3) is 0 Å². The molecular weight excluding hydrogens is 338 g/mol. The molecule has 0 bridgehead atoms. The van der Waals surface area contributed by atoms with Crippen LogP contribution >= 0.6 is 11.6 Å². The molecule has 0 saturated heterocycles. The molecular formula is C19H20ClN3O2. The number of aryl methyl sites for hydroxylation is 1. The maximum atomic E-state index is 12.0. The fourth-order valence-corrected chi connectivity index (χ4v) is 2.85. The molecule has 0 radical (unpaired) electrons. The molecule has 1 N–H and O–H groups in total. The zero-order valence-electron chi connectivity index (χ0n) is 14.0. The van der Waals surface area contributed by atoms with E-state index in [-0.39, 0.29) is 5.91 Å². The highest BCUT2D eigenvalue weighted by molar-refractivity contribution is 6.31. The highest BCUT2D eigenvalue weighted by Gasteiger charge is 2.06. The molecule has 0 aliphatic carbocycles. The molecule has 0 aliphatic rings. The molecule has 0 saturated carbocycles. The largest absolute Gasteiger partial charge is 0.497 e. The van der Waals surface area contributed by atoms with Gasteiger partial charge in [0.05, 0.1) is 25.4 Å². The number of carbonyl (C=O) groups is 1. The van der Waals surface area contributed by atoms with Crippen LogP contribution < -0.4 is 10.1 Å². The topological polar surface area (TPSA) is 56.1 Å². The monoisotopic (exact) mass is 357 g/mol. The van der Waals surface area contributed by atoms with Crippen LogP contribution in [0.2, 0.25) is 5.02 Å². The summed E-state index contributed by atoms with van der Waals surface area (Å²) in [6.45, 7) is 1.15. The van der Waals surface area contributed by atoms with Gasteiger partial charge in [0.1, 0.15) is 5.75 Å². The highest BCUT2D eigenvalue weighted by atomic mass is 35.5. The third-order valence-corrected chi connectivity index (χ3v) is 4.28. The van der Waals surface area contributed by atoms with Gasteiger partial charge < -0.3 is 10.1 Å². The second kappa shape index (κ2) is 8.03. The van der Waals surface area contributed by atoms with Crippen LogP contribution in [0, 0.1) is 0 Å². The maximum Gasteiger partial charge on any atom is 0.221 e.